The van der Waals surface area contributed by atoms with Gasteiger partial charge in [0, 0.05) is 17.1 Å². The molecule has 0 bridgehead atoms. The normalized spacial score (nSPS) is 12.1. The Morgan fingerprint density at radius 1 is 0.900 bits per heavy atom. The maximum Gasteiger partial charge on any atom is 0.314 e. The van der Waals surface area contributed by atoms with Gasteiger partial charge in [-0.25, -0.2) is 0 Å². The third-order valence-corrected chi connectivity index (χ3v) is 5.14. The highest BCUT2D eigenvalue weighted by Gasteiger charge is 2.28. The van der Waals surface area contributed by atoms with Crippen LogP contribution in [0.3, 0.4) is 0 Å². The first kappa shape index (κ1) is 19.8. The van der Waals surface area contributed by atoms with Gasteiger partial charge in [0.1, 0.15) is 18.1 Å². The van der Waals surface area contributed by atoms with Crippen molar-refractivity contribution >= 4 is 16.9 Å². The summed E-state index contributed by atoms with van der Waals surface area (Å²) >= 11 is 0. The number of benzene rings is 3. The molecule has 4 aromatic rings. The molecule has 30 heavy (non-hydrogen) atoms. The van der Waals surface area contributed by atoms with Crippen LogP contribution in [0.1, 0.15) is 30.9 Å². The van der Waals surface area contributed by atoms with Gasteiger partial charge in [0.05, 0.1) is 5.92 Å². The van der Waals surface area contributed by atoms with Crippen molar-refractivity contribution in [2.24, 2.45) is 5.92 Å². The molecule has 152 valence electrons. The molecule has 0 radical (unpaired) electrons. The smallest absolute Gasteiger partial charge is 0.314 e. The number of H-pyrrole nitrogens is 1. The number of fused-ring (bicyclic) bond motifs is 1. The van der Waals surface area contributed by atoms with Crippen molar-refractivity contribution in [1.29, 1.82) is 0 Å². The van der Waals surface area contributed by atoms with E-state index in [1.165, 1.54) is 0 Å². The molecular weight excluding hydrogens is 374 g/mol. The fourth-order valence-electron chi connectivity index (χ4n) is 3.68. The molecule has 1 atom stereocenters. The van der Waals surface area contributed by atoms with Crippen LogP contribution in [0.15, 0.2) is 85.1 Å². The fraction of sp³-hybridized carbons (Fsp3) is 0.192. The third kappa shape index (κ3) is 4.38. The molecule has 4 nitrogen and oxygen atoms in total. The van der Waals surface area contributed by atoms with Crippen molar-refractivity contribution in [3.8, 4) is 11.5 Å². The maximum absolute atomic E-state index is 13.0. The van der Waals surface area contributed by atoms with E-state index >= 15 is 0 Å². The summed E-state index contributed by atoms with van der Waals surface area (Å²) in [5.74, 6) is 1.05. The number of esters is 1. The number of hydrogen-bond donors (Lipinski definition) is 1. The van der Waals surface area contributed by atoms with Gasteiger partial charge in [-0.3, -0.25) is 4.79 Å². The molecule has 0 fully saturated rings. The van der Waals surface area contributed by atoms with Crippen LogP contribution in [0, 0.1) is 5.92 Å². The van der Waals surface area contributed by atoms with E-state index in [9.17, 15) is 4.79 Å². The number of para-hydroxylation sites is 2. The highest BCUT2D eigenvalue weighted by molar-refractivity contribution is 5.90. The topological polar surface area (TPSA) is 51.3 Å². The predicted octanol–water partition coefficient (Wildman–Crippen LogP) is 6.44. The second kappa shape index (κ2) is 8.87. The minimum absolute atomic E-state index is 0.115. The zero-order valence-electron chi connectivity index (χ0n) is 17.2. The Balaban J connectivity index is 1.47. The zero-order chi connectivity index (χ0) is 20.9. The summed E-state index contributed by atoms with van der Waals surface area (Å²) < 4.78 is 11.6. The molecule has 1 unspecified atom stereocenters. The molecule has 0 spiro atoms. The Morgan fingerprint density at radius 3 is 2.43 bits per heavy atom. The summed E-state index contributed by atoms with van der Waals surface area (Å²) in [4.78, 5) is 16.3. The first-order chi connectivity index (χ1) is 14.6. The minimum Gasteiger partial charge on any atom is -0.460 e. The highest BCUT2D eigenvalue weighted by atomic mass is 16.5. The minimum atomic E-state index is -0.329. The molecule has 0 aliphatic carbocycles. The molecule has 1 heterocycles. The molecule has 1 N–H and O–H groups in total. The number of aromatic nitrogens is 1. The molecule has 0 saturated heterocycles. The molecule has 0 saturated carbocycles. The molecule has 3 aromatic carbocycles. The summed E-state index contributed by atoms with van der Waals surface area (Å²) in [7, 11) is 0. The summed E-state index contributed by atoms with van der Waals surface area (Å²) in [5, 5.41) is 1.06. The van der Waals surface area contributed by atoms with Crippen LogP contribution in [0.2, 0.25) is 0 Å². The van der Waals surface area contributed by atoms with E-state index in [2.05, 4.69) is 4.98 Å². The third-order valence-electron chi connectivity index (χ3n) is 5.14. The van der Waals surface area contributed by atoms with E-state index in [4.69, 9.17) is 9.47 Å². The second-order valence-electron chi connectivity index (χ2n) is 7.68. The Morgan fingerprint density at radius 2 is 1.63 bits per heavy atom. The molecule has 4 rings (SSSR count). The lowest BCUT2D eigenvalue weighted by atomic mass is 9.88. The van der Waals surface area contributed by atoms with Gasteiger partial charge < -0.3 is 14.5 Å². The van der Waals surface area contributed by atoms with Crippen LogP contribution in [0.25, 0.3) is 10.9 Å². The van der Waals surface area contributed by atoms with Gasteiger partial charge in [-0.2, -0.15) is 0 Å². The van der Waals surface area contributed by atoms with Crippen molar-refractivity contribution in [3.63, 3.8) is 0 Å². The molecule has 0 amide bonds. The van der Waals surface area contributed by atoms with Gasteiger partial charge in [-0.1, -0.05) is 62.4 Å². The first-order valence-corrected chi connectivity index (χ1v) is 10.2. The van der Waals surface area contributed by atoms with Crippen LogP contribution in [0.5, 0.6) is 11.5 Å². The Labute approximate surface area is 176 Å². The molecular formula is C26H25NO3. The van der Waals surface area contributed by atoms with Gasteiger partial charge in [-0.05, 0) is 47.4 Å². The molecule has 0 aliphatic rings. The maximum atomic E-state index is 13.0. The Bertz CT molecular complexity index is 1130. The van der Waals surface area contributed by atoms with Crippen molar-refractivity contribution in [2.45, 2.75) is 26.4 Å². The summed E-state index contributed by atoms with van der Waals surface area (Å²) in [6.45, 7) is 4.29. The summed E-state index contributed by atoms with van der Waals surface area (Å²) in [6, 6.07) is 25.3. The second-order valence-corrected chi connectivity index (χ2v) is 7.68. The number of carbonyl (C=O) groups is 1. The number of carbonyl (C=O) groups excluding carboxylic acids is 1. The van der Waals surface area contributed by atoms with Gasteiger partial charge in [0.15, 0.2) is 0 Å². The van der Waals surface area contributed by atoms with Crippen molar-refractivity contribution in [2.75, 3.05) is 0 Å². The van der Waals surface area contributed by atoms with Crippen LogP contribution in [0.4, 0.5) is 0 Å². The van der Waals surface area contributed by atoms with Crippen LogP contribution in [-0.2, 0) is 16.1 Å². The largest absolute Gasteiger partial charge is 0.460 e. The number of ether oxygens (including phenoxy) is 2. The van der Waals surface area contributed by atoms with E-state index in [1.807, 2.05) is 98.9 Å². The zero-order valence-corrected chi connectivity index (χ0v) is 17.2. The van der Waals surface area contributed by atoms with Gasteiger partial charge in [-0.15, -0.1) is 0 Å². The lowest BCUT2D eigenvalue weighted by Crippen LogP contribution is -2.20. The summed E-state index contributed by atoms with van der Waals surface area (Å²) in [5.41, 5.74) is 2.89. The van der Waals surface area contributed by atoms with E-state index in [1.54, 1.807) is 0 Å². The Hall–Kier alpha value is -3.53. The van der Waals surface area contributed by atoms with Crippen LogP contribution < -0.4 is 4.74 Å². The monoisotopic (exact) mass is 399 g/mol. The van der Waals surface area contributed by atoms with Crippen molar-refractivity contribution < 1.29 is 14.3 Å². The number of aromatic amines is 1. The highest BCUT2D eigenvalue weighted by Crippen LogP contribution is 2.32. The van der Waals surface area contributed by atoms with E-state index in [-0.39, 0.29) is 24.4 Å². The average Bonchev–Trinajstić information content (AvgIpc) is 3.17. The van der Waals surface area contributed by atoms with Gasteiger partial charge in [0.25, 0.3) is 0 Å². The fourth-order valence-corrected chi connectivity index (χ4v) is 3.68. The summed E-state index contributed by atoms with van der Waals surface area (Å²) in [6.07, 6.45) is 1.92. The van der Waals surface area contributed by atoms with Crippen molar-refractivity contribution in [3.05, 3.63) is 96.2 Å². The van der Waals surface area contributed by atoms with Gasteiger partial charge >= 0.3 is 5.97 Å². The first-order valence-electron chi connectivity index (χ1n) is 10.2. The van der Waals surface area contributed by atoms with E-state index < -0.39 is 0 Å². The van der Waals surface area contributed by atoms with Crippen LogP contribution in [-0.4, -0.2) is 11.0 Å². The predicted molar refractivity (Wildman–Crippen MR) is 119 cm³/mol. The van der Waals surface area contributed by atoms with E-state index in [0.29, 0.717) is 5.75 Å². The van der Waals surface area contributed by atoms with Gasteiger partial charge in [0.2, 0.25) is 0 Å². The quantitative estimate of drug-likeness (QED) is 0.364. The number of rotatable bonds is 7. The molecule has 4 heteroatoms. The molecule has 0 aliphatic heterocycles. The lowest BCUT2D eigenvalue weighted by molar-refractivity contribution is -0.147. The lowest BCUT2D eigenvalue weighted by Gasteiger charge is -2.19. The van der Waals surface area contributed by atoms with Crippen molar-refractivity contribution in [1.82, 2.24) is 4.98 Å². The SMILES string of the molecule is CC(C)C(C(=O)OCc1cccc(Oc2ccccc2)c1)c1c[nH]c2ccccc12. The average molecular weight is 399 g/mol. The number of hydrogen-bond acceptors (Lipinski definition) is 3. The number of nitrogens with one attached hydrogen (secondary N) is 1. The Kier molecular flexibility index (Phi) is 5.84. The van der Waals surface area contributed by atoms with Crippen LogP contribution >= 0.6 is 0 Å². The van der Waals surface area contributed by atoms with E-state index in [0.717, 1.165) is 27.8 Å². The molecule has 1 aromatic heterocycles. The standard InChI is InChI=1S/C26H25NO3/c1-18(2)25(23-16-27-24-14-7-6-13-22(23)24)26(28)29-17-19-9-8-12-21(15-19)30-20-10-4-3-5-11-20/h3-16,18,25,27H,17H2,1-2H3.